The van der Waals surface area contributed by atoms with Crippen LogP contribution in [-0.2, 0) is 6.42 Å². The average Bonchev–Trinajstić information content (AvgIpc) is 2.45. The second kappa shape index (κ2) is 6.81. The first-order chi connectivity index (χ1) is 9.74. The molecule has 0 spiro atoms. The van der Waals surface area contributed by atoms with Gasteiger partial charge in [0.15, 0.2) is 0 Å². The van der Waals surface area contributed by atoms with Crippen LogP contribution in [0.4, 0.5) is 10.3 Å². The van der Waals surface area contributed by atoms with E-state index < -0.39 is 5.82 Å². The fourth-order valence-electron chi connectivity index (χ4n) is 1.70. The Morgan fingerprint density at radius 2 is 2.15 bits per heavy atom. The molecule has 20 heavy (non-hydrogen) atoms. The Bertz CT molecular complexity index is 578. The van der Waals surface area contributed by atoms with E-state index in [9.17, 15) is 4.39 Å². The third kappa shape index (κ3) is 3.42. The molecule has 0 atom stereocenters. The van der Waals surface area contributed by atoms with Crippen molar-refractivity contribution in [2.45, 2.75) is 13.3 Å². The molecule has 5 nitrogen and oxygen atoms in total. The molecule has 6 heteroatoms. The molecule has 0 fully saturated rings. The van der Waals surface area contributed by atoms with Gasteiger partial charge in [0, 0.05) is 13.2 Å². The van der Waals surface area contributed by atoms with Gasteiger partial charge >= 0.3 is 0 Å². The molecular weight excluding hydrogens is 261 g/mol. The number of nitrogens with one attached hydrogen (secondary N) is 1. The first-order valence-corrected chi connectivity index (χ1v) is 6.37. The third-order valence-electron chi connectivity index (χ3n) is 2.61. The van der Waals surface area contributed by atoms with Crippen LogP contribution in [-0.4, -0.2) is 28.2 Å². The molecule has 0 amide bonds. The highest BCUT2D eigenvalue weighted by molar-refractivity contribution is 5.37. The van der Waals surface area contributed by atoms with Crippen molar-refractivity contribution in [3.63, 3.8) is 0 Å². The molecule has 1 aromatic carbocycles. The summed E-state index contributed by atoms with van der Waals surface area (Å²) in [5, 5.41) is 11.9. The van der Waals surface area contributed by atoms with Crippen molar-refractivity contribution >= 4 is 5.95 Å². The first kappa shape index (κ1) is 14.2. The lowest BCUT2D eigenvalue weighted by Gasteiger charge is -2.11. The third-order valence-corrected chi connectivity index (χ3v) is 2.61. The number of nitrogens with zero attached hydrogens (tertiary/aromatic N) is 2. The Hall–Kier alpha value is -2.21. The van der Waals surface area contributed by atoms with Gasteiger partial charge in [-0.1, -0.05) is 18.2 Å². The van der Waals surface area contributed by atoms with Gasteiger partial charge in [-0.2, -0.15) is 9.37 Å². The van der Waals surface area contributed by atoms with Gasteiger partial charge in [0.1, 0.15) is 5.75 Å². The number of ether oxygens (including phenoxy) is 1. The van der Waals surface area contributed by atoms with Crippen LogP contribution < -0.4 is 10.1 Å². The van der Waals surface area contributed by atoms with Crippen molar-refractivity contribution in [1.29, 1.82) is 0 Å². The second-order valence-electron chi connectivity index (χ2n) is 4.06. The Morgan fingerprint density at radius 3 is 2.90 bits per heavy atom. The second-order valence-corrected chi connectivity index (χ2v) is 4.06. The number of aliphatic hydroxyl groups is 1. The fraction of sp³-hybridized carbons (Fsp3) is 0.286. The van der Waals surface area contributed by atoms with Crippen LogP contribution in [0.25, 0.3) is 0 Å². The van der Waals surface area contributed by atoms with Crippen molar-refractivity contribution in [1.82, 2.24) is 9.97 Å². The van der Waals surface area contributed by atoms with Crippen molar-refractivity contribution in [2.75, 3.05) is 18.5 Å². The van der Waals surface area contributed by atoms with Crippen LogP contribution >= 0.6 is 0 Å². The largest absolute Gasteiger partial charge is 0.436 e. The zero-order valence-electron chi connectivity index (χ0n) is 11.1. The predicted molar refractivity (Wildman–Crippen MR) is 73.5 cm³/mol. The van der Waals surface area contributed by atoms with E-state index in [0.717, 1.165) is 11.8 Å². The average molecular weight is 277 g/mol. The topological polar surface area (TPSA) is 67.3 Å². The highest BCUT2D eigenvalue weighted by Crippen LogP contribution is 2.26. The van der Waals surface area contributed by atoms with E-state index in [0.29, 0.717) is 24.7 Å². The fourth-order valence-corrected chi connectivity index (χ4v) is 1.70. The molecule has 0 aliphatic heterocycles. The Morgan fingerprint density at radius 1 is 1.35 bits per heavy atom. The van der Waals surface area contributed by atoms with Crippen LogP contribution in [0, 0.1) is 5.82 Å². The zero-order chi connectivity index (χ0) is 14.4. The summed E-state index contributed by atoms with van der Waals surface area (Å²) in [7, 11) is 0. The lowest BCUT2D eigenvalue weighted by molar-refractivity contribution is 0.297. The maximum Gasteiger partial charge on any atom is 0.260 e. The van der Waals surface area contributed by atoms with E-state index in [2.05, 4.69) is 15.3 Å². The maximum atomic E-state index is 13.7. The van der Waals surface area contributed by atoms with E-state index in [1.165, 1.54) is 0 Å². The summed E-state index contributed by atoms with van der Waals surface area (Å²) in [5.41, 5.74) is 0.790. The van der Waals surface area contributed by atoms with Crippen molar-refractivity contribution in [2.24, 2.45) is 0 Å². The van der Waals surface area contributed by atoms with Gasteiger partial charge < -0.3 is 15.2 Å². The predicted octanol–water partition coefficient (Wildman–Crippen LogP) is 2.37. The number of para-hydroxylation sites is 1. The molecule has 0 saturated heterocycles. The monoisotopic (exact) mass is 277 g/mol. The molecule has 2 rings (SSSR count). The molecule has 106 valence electrons. The van der Waals surface area contributed by atoms with E-state index in [1.807, 2.05) is 19.1 Å². The summed E-state index contributed by atoms with van der Waals surface area (Å²) < 4.78 is 19.2. The summed E-state index contributed by atoms with van der Waals surface area (Å²) in [5.74, 6) is 0.0110. The number of rotatable bonds is 6. The number of hydrogen-bond acceptors (Lipinski definition) is 5. The van der Waals surface area contributed by atoms with Gasteiger partial charge in [-0.15, -0.1) is 0 Å². The van der Waals surface area contributed by atoms with Gasteiger partial charge in [0.2, 0.25) is 11.8 Å². The Balaban J connectivity index is 2.27. The minimum absolute atomic E-state index is 0.00469. The summed E-state index contributed by atoms with van der Waals surface area (Å²) in [6, 6.07) is 7.13. The molecule has 1 heterocycles. The van der Waals surface area contributed by atoms with E-state index >= 15 is 0 Å². The number of benzene rings is 1. The summed E-state index contributed by atoms with van der Waals surface area (Å²) in [6.45, 7) is 2.52. The van der Waals surface area contributed by atoms with Crippen LogP contribution in [0.1, 0.15) is 12.5 Å². The highest BCUT2D eigenvalue weighted by atomic mass is 19.1. The van der Waals surface area contributed by atoms with Gasteiger partial charge in [0.25, 0.3) is 5.88 Å². The zero-order valence-corrected chi connectivity index (χ0v) is 11.1. The number of aliphatic hydroxyl groups excluding tert-OH is 1. The van der Waals surface area contributed by atoms with E-state index in [4.69, 9.17) is 9.84 Å². The van der Waals surface area contributed by atoms with Gasteiger partial charge in [-0.25, -0.2) is 4.98 Å². The minimum atomic E-state index is -0.634. The van der Waals surface area contributed by atoms with Crippen LogP contribution in [0.2, 0.25) is 0 Å². The quantitative estimate of drug-likeness (QED) is 0.848. The molecule has 0 aliphatic rings. The van der Waals surface area contributed by atoms with Gasteiger partial charge in [-0.05, 0) is 25.0 Å². The van der Waals surface area contributed by atoms with Crippen molar-refractivity contribution < 1.29 is 14.2 Å². The summed E-state index contributed by atoms with van der Waals surface area (Å²) in [4.78, 5) is 7.79. The number of aromatic nitrogens is 2. The van der Waals surface area contributed by atoms with Gasteiger partial charge in [0.05, 0.1) is 6.20 Å². The smallest absolute Gasteiger partial charge is 0.260 e. The first-order valence-electron chi connectivity index (χ1n) is 6.37. The lowest BCUT2D eigenvalue weighted by atomic mass is 10.1. The Kier molecular flexibility index (Phi) is 4.84. The number of hydrogen-bond donors (Lipinski definition) is 2. The molecule has 0 saturated carbocycles. The van der Waals surface area contributed by atoms with Crippen LogP contribution in [0.3, 0.4) is 0 Å². The molecule has 1 aromatic heterocycles. The molecule has 0 radical (unpaired) electrons. The summed E-state index contributed by atoms with van der Waals surface area (Å²) in [6.07, 6.45) is 1.50. The molecule has 0 aliphatic carbocycles. The molecule has 0 bridgehead atoms. The van der Waals surface area contributed by atoms with Gasteiger partial charge in [-0.3, -0.25) is 0 Å². The SMILES string of the molecule is CCNc1ncc(F)c(Oc2ccccc2CCO)n1. The van der Waals surface area contributed by atoms with E-state index in [1.54, 1.807) is 12.1 Å². The molecule has 0 unspecified atom stereocenters. The van der Waals surface area contributed by atoms with Crippen molar-refractivity contribution in [3.8, 4) is 11.6 Å². The number of anilines is 1. The standard InChI is InChI=1S/C14H16FN3O2/c1-2-16-14-17-9-11(15)13(18-14)20-12-6-4-3-5-10(12)7-8-19/h3-6,9,19H,2,7-8H2,1H3,(H,16,17,18). The number of halogens is 1. The molecule has 2 N–H and O–H groups in total. The highest BCUT2D eigenvalue weighted by Gasteiger charge is 2.11. The Labute approximate surface area is 116 Å². The summed E-state index contributed by atoms with van der Waals surface area (Å²) >= 11 is 0. The molecule has 2 aromatic rings. The van der Waals surface area contributed by atoms with Crippen molar-refractivity contribution in [3.05, 3.63) is 41.8 Å². The van der Waals surface area contributed by atoms with Crippen LogP contribution in [0.5, 0.6) is 11.6 Å². The van der Waals surface area contributed by atoms with Crippen LogP contribution in [0.15, 0.2) is 30.5 Å². The maximum absolute atomic E-state index is 13.7. The molecular formula is C14H16FN3O2. The lowest BCUT2D eigenvalue weighted by Crippen LogP contribution is -2.04. The minimum Gasteiger partial charge on any atom is -0.436 e. The van der Waals surface area contributed by atoms with E-state index in [-0.39, 0.29) is 12.5 Å². The normalized spacial score (nSPS) is 10.3.